The number of primary amides is 1. The molecule has 6 nitrogen and oxygen atoms in total. The van der Waals surface area contributed by atoms with E-state index in [-0.39, 0.29) is 22.8 Å². The van der Waals surface area contributed by atoms with Gasteiger partial charge < -0.3 is 10.8 Å². The lowest BCUT2D eigenvalue weighted by atomic mass is 9.88. The smallest absolute Gasteiger partial charge is 0.332 e. The highest BCUT2D eigenvalue weighted by atomic mass is 16.3. The number of aliphatic hydroxyl groups is 1. The summed E-state index contributed by atoms with van der Waals surface area (Å²) in [5, 5.41) is 13.6. The average molecular weight is 245 g/mol. The third kappa shape index (κ3) is 1.84. The maximum atomic E-state index is 11.9. The Balaban J connectivity index is 2.60. The van der Waals surface area contributed by atoms with E-state index in [1.54, 1.807) is 24.3 Å². The molecule has 0 atom stereocenters. The van der Waals surface area contributed by atoms with Gasteiger partial charge >= 0.3 is 6.03 Å². The molecule has 0 radical (unpaired) electrons. The average Bonchev–Trinajstić information content (AvgIpc) is 2.36. The molecule has 0 saturated heterocycles. The summed E-state index contributed by atoms with van der Waals surface area (Å²) in [5.41, 5.74) is 8.15. The number of nitrogens with two attached hydrogens (primary N) is 1. The summed E-state index contributed by atoms with van der Waals surface area (Å²) in [5.74, 6) is -0.520. The molecule has 0 aromatic heterocycles. The number of rotatable bonds is 1. The molecule has 4 N–H and O–H groups in total. The Morgan fingerprint density at radius 1 is 1.33 bits per heavy atom. The first-order chi connectivity index (χ1) is 8.52. The molecule has 0 spiro atoms. The number of carbonyl (C=O) groups excluding carboxylic acids is 2. The lowest BCUT2D eigenvalue weighted by Gasteiger charge is -2.17. The number of Topliss-reactive ketones (excluding diaryl/α,β-unsaturated/α-hetero) is 1. The highest BCUT2D eigenvalue weighted by Gasteiger charge is 2.28. The minimum Gasteiger partial charge on any atom is -0.505 e. The van der Waals surface area contributed by atoms with Gasteiger partial charge in [0, 0.05) is 16.7 Å². The van der Waals surface area contributed by atoms with E-state index in [4.69, 9.17) is 5.73 Å². The largest absolute Gasteiger partial charge is 0.505 e. The second-order valence-electron chi connectivity index (χ2n) is 3.78. The molecule has 2 rings (SSSR count). The number of hydrazone groups is 1. The number of nitrogens with one attached hydrogen (secondary N) is 1. The van der Waals surface area contributed by atoms with Gasteiger partial charge in [0.1, 0.15) is 11.5 Å². The fourth-order valence-corrected chi connectivity index (χ4v) is 1.73. The number of hydrogen-bond donors (Lipinski definition) is 3. The lowest BCUT2D eigenvalue weighted by Crippen LogP contribution is -2.29. The molecule has 92 valence electrons. The molecular formula is C12H11N3O3. The van der Waals surface area contributed by atoms with Crippen LogP contribution in [0.25, 0.3) is 0 Å². The molecule has 0 heterocycles. The van der Waals surface area contributed by atoms with Gasteiger partial charge in [0.25, 0.3) is 0 Å². The Kier molecular flexibility index (Phi) is 2.85. The maximum Gasteiger partial charge on any atom is 0.332 e. The number of amides is 2. The van der Waals surface area contributed by atoms with Gasteiger partial charge in [0.05, 0.1) is 0 Å². The summed E-state index contributed by atoms with van der Waals surface area (Å²) in [7, 11) is 0. The van der Waals surface area contributed by atoms with Gasteiger partial charge in [0.2, 0.25) is 0 Å². The van der Waals surface area contributed by atoms with Crippen LogP contribution in [0.2, 0.25) is 0 Å². The molecule has 0 unspecified atom stereocenters. The number of benzene rings is 1. The molecule has 0 bridgehead atoms. The topological polar surface area (TPSA) is 105 Å². The van der Waals surface area contributed by atoms with Crippen LogP contribution in [-0.4, -0.2) is 22.6 Å². The van der Waals surface area contributed by atoms with Crippen molar-refractivity contribution in [3.8, 4) is 0 Å². The number of allylic oxidation sites excluding steroid dienone is 2. The number of fused-ring (bicyclic) bond motifs is 1. The third-order valence-corrected chi connectivity index (χ3v) is 2.62. The van der Waals surface area contributed by atoms with Crippen LogP contribution in [0.5, 0.6) is 0 Å². The van der Waals surface area contributed by atoms with Crippen molar-refractivity contribution in [1.29, 1.82) is 0 Å². The van der Waals surface area contributed by atoms with Crippen molar-refractivity contribution in [1.82, 2.24) is 5.43 Å². The van der Waals surface area contributed by atoms with Crippen LogP contribution in [0.15, 0.2) is 40.7 Å². The summed E-state index contributed by atoms with van der Waals surface area (Å²) in [4.78, 5) is 22.6. The zero-order valence-electron chi connectivity index (χ0n) is 9.60. The fraction of sp³-hybridized carbons (Fsp3) is 0.0833. The molecular weight excluding hydrogens is 234 g/mol. The van der Waals surface area contributed by atoms with Crippen LogP contribution in [-0.2, 0) is 0 Å². The van der Waals surface area contributed by atoms with Gasteiger partial charge in [0.15, 0.2) is 5.78 Å². The van der Waals surface area contributed by atoms with Crippen molar-refractivity contribution < 1.29 is 14.7 Å². The van der Waals surface area contributed by atoms with Crippen molar-refractivity contribution in [2.75, 3.05) is 0 Å². The highest BCUT2D eigenvalue weighted by molar-refractivity contribution is 6.27. The summed E-state index contributed by atoms with van der Waals surface area (Å²) in [6.45, 7) is 1.49. The Morgan fingerprint density at radius 2 is 1.94 bits per heavy atom. The van der Waals surface area contributed by atoms with Crippen LogP contribution in [0, 0.1) is 0 Å². The highest BCUT2D eigenvalue weighted by Crippen LogP contribution is 2.24. The van der Waals surface area contributed by atoms with Crippen LogP contribution >= 0.6 is 0 Å². The standard InChI is InChI=1S/C12H11N3O3/c1-6-10(16)8-5-3-2-4-7(8)9(11(6)17)14-15-12(13)18/h2-5,17H,1H3,(H3,13,15,18). The van der Waals surface area contributed by atoms with E-state index in [2.05, 4.69) is 5.10 Å². The third-order valence-electron chi connectivity index (χ3n) is 2.62. The fourth-order valence-electron chi connectivity index (χ4n) is 1.73. The van der Waals surface area contributed by atoms with Crippen molar-refractivity contribution in [2.24, 2.45) is 10.8 Å². The molecule has 18 heavy (non-hydrogen) atoms. The van der Waals surface area contributed by atoms with Gasteiger partial charge in [-0.3, -0.25) is 4.79 Å². The summed E-state index contributed by atoms with van der Waals surface area (Å²) in [6.07, 6.45) is 0. The Bertz CT molecular complexity index is 602. The molecule has 1 aromatic carbocycles. The van der Waals surface area contributed by atoms with Crippen molar-refractivity contribution in [2.45, 2.75) is 6.92 Å². The minimum atomic E-state index is -0.845. The van der Waals surface area contributed by atoms with Gasteiger partial charge in [-0.05, 0) is 6.92 Å². The first-order valence-corrected chi connectivity index (χ1v) is 5.20. The Labute approximate surface area is 103 Å². The van der Waals surface area contributed by atoms with Gasteiger partial charge in [-0.15, -0.1) is 0 Å². The van der Waals surface area contributed by atoms with E-state index in [1.807, 2.05) is 5.43 Å². The first-order valence-electron chi connectivity index (χ1n) is 5.20. The van der Waals surface area contributed by atoms with E-state index in [0.717, 1.165) is 0 Å². The molecule has 1 aliphatic rings. The van der Waals surface area contributed by atoms with E-state index in [9.17, 15) is 14.7 Å². The van der Waals surface area contributed by atoms with Gasteiger partial charge in [-0.25, -0.2) is 10.2 Å². The zero-order valence-corrected chi connectivity index (χ0v) is 9.60. The molecule has 1 aliphatic carbocycles. The van der Waals surface area contributed by atoms with Crippen LogP contribution in [0.3, 0.4) is 0 Å². The van der Waals surface area contributed by atoms with E-state index >= 15 is 0 Å². The number of urea groups is 1. The molecule has 0 saturated carbocycles. The molecule has 2 amide bonds. The predicted octanol–water partition coefficient (Wildman–Crippen LogP) is 1.09. The number of hydrogen-bond acceptors (Lipinski definition) is 4. The van der Waals surface area contributed by atoms with E-state index < -0.39 is 6.03 Å². The Morgan fingerprint density at radius 3 is 2.56 bits per heavy atom. The van der Waals surface area contributed by atoms with Crippen LogP contribution in [0.1, 0.15) is 22.8 Å². The SMILES string of the molecule is CC1=C(O)C(=NNC(N)=O)c2ccccc2C1=O. The second-order valence-corrected chi connectivity index (χ2v) is 3.78. The van der Waals surface area contributed by atoms with Crippen molar-refractivity contribution in [3.63, 3.8) is 0 Å². The normalized spacial score (nSPS) is 16.7. The van der Waals surface area contributed by atoms with E-state index in [0.29, 0.717) is 11.1 Å². The van der Waals surface area contributed by atoms with Gasteiger partial charge in [-0.2, -0.15) is 5.10 Å². The molecule has 6 heteroatoms. The predicted molar refractivity (Wildman–Crippen MR) is 65.4 cm³/mol. The van der Waals surface area contributed by atoms with Crippen molar-refractivity contribution in [3.05, 3.63) is 46.7 Å². The monoisotopic (exact) mass is 245 g/mol. The first kappa shape index (κ1) is 11.8. The Hall–Kier alpha value is -2.63. The summed E-state index contributed by atoms with van der Waals surface area (Å²) >= 11 is 0. The zero-order chi connectivity index (χ0) is 13.3. The van der Waals surface area contributed by atoms with Gasteiger partial charge in [-0.1, -0.05) is 24.3 Å². The quantitative estimate of drug-likeness (QED) is 0.645. The number of aliphatic hydroxyl groups excluding tert-OH is 1. The maximum absolute atomic E-state index is 11.9. The van der Waals surface area contributed by atoms with Crippen molar-refractivity contribution >= 4 is 17.5 Å². The van der Waals surface area contributed by atoms with Crippen LogP contribution < -0.4 is 11.2 Å². The van der Waals surface area contributed by atoms with Crippen LogP contribution in [0.4, 0.5) is 4.79 Å². The van der Waals surface area contributed by atoms with E-state index in [1.165, 1.54) is 6.92 Å². The summed E-state index contributed by atoms with van der Waals surface area (Å²) in [6, 6.07) is 5.85. The molecule has 0 aliphatic heterocycles. The summed E-state index contributed by atoms with van der Waals surface area (Å²) < 4.78 is 0. The number of nitrogens with zero attached hydrogens (tertiary/aromatic N) is 1. The minimum absolute atomic E-state index is 0.126. The number of carbonyl (C=O) groups is 2. The lowest BCUT2D eigenvalue weighted by molar-refractivity contribution is 0.102. The molecule has 0 fully saturated rings. The second kappa shape index (κ2) is 4.33. The number of ketones is 1. The molecule has 1 aromatic rings.